The van der Waals surface area contributed by atoms with Crippen molar-refractivity contribution < 1.29 is 4.79 Å². The van der Waals surface area contributed by atoms with Gasteiger partial charge in [0.15, 0.2) is 0 Å². The van der Waals surface area contributed by atoms with Crippen molar-refractivity contribution in [3.63, 3.8) is 0 Å². The van der Waals surface area contributed by atoms with Crippen molar-refractivity contribution in [2.75, 3.05) is 6.54 Å². The number of hydrogen-bond donors (Lipinski definition) is 1. The molecule has 0 unspecified atom stereocenters. The first-order chi connectivity index (χ1) is 14.0. The molecular weight excluding hydrogens is 362 g/mol. The minimum atomic E-state index is -0.187. The van der Waals surface area contributed by atoms with Gasteiger partial charge in [0, 0.05) is 24.6 Å². The number of nitrogens with one attached hydrogen (secondary N) is 1. The number of nitrogens with zero attached hydrogens (tertiary/aromatic N) is 2. The number of carbonyl (C=O) groups excluding carboxylic acids is 1. The molecule has 1 amide bonds. The molecule has 2 aromatic rings. The van der Waals surface area contributed by atoms with Gasteiger partial charge >= 0.3 is 0 Å². The van der Waals surface area contributed by atoms with Crippen LogP contribution >= 0.6 is 0 Å². The largest absolute Gasteiger partial charge is 0.356 e. The van der Waals surface area contributed by atoms with Crippen LogP contribution in [0.25, 0.3) is 11.3 Å². The Labute approximate surface area is 172 Å². The van der Waals surface area contributed by atoms with Crippen molar-refractivity contribution in [1.82, 2.24) is 15.1 Å². The second-order valence-electron chi connectivity index (χ2n) is 8.01. The zero-order chi connectivity index (χ0) is 20.6. The molecule has 0 atom stereocenters. The number of benzene rings is 1. The van der Waals surface area contributed by atoms with E-state index in [1.165, 1.54) is 34.7 Å². The Morgan fingerprint density at radius 1 is 1.14 bits per heavy atom. The van der Waals surface area contributed by atoms with E-state index in [2.05, 4.69) is 42.5 Å². The van der Waals surface area contributed by atoms with Crippen LogP contribution in [-0.2, 0) is 11.3 Å². The Morgan fingerprint density at radius 3 is 2.62 bits per heavy atom. The molecule has 1 aromatic heterocycles. The average molecular weight is 394 g/mol. The van der Waals surface area contributed by atoms with Crippen molar-refractivity contribution in [3.05, 3.63) is 64.0 Å². The van der Waals surface area contributed by atoms with E-state index < -0.39 is 0 Å². The van der Waals surface area contributed by atoms with Crippen LogP contribution in [-0.4, -0.2) is 22.2 Å². The van der Waals surface area contributed by atoms with E-state index in [1.807, 2.05) is 12.1 Å². The van der Waals surface area contributed by atoms with Gasteiger partial charge in [-0.2, -0.15) is 5.10 Å². The zero-order valence-corrected chi connectivity index (χ0v) is 17.5. The zero-order valence-electron chi connectivity index (χ0n) is 17.5. The normalized spacial score (nSPS) is 14.0. The molecule has 0 aliphatic heterocycles. The van der Waals surface area contributed by atoms with Gasteiger partial charge in [0.2, 0.25) is 5.91 Å². The van der Waals surface area contributed by atoms with Gasteiger partial charge in [-0.3, -0.25) is 9.59 Å². The Bertz CT molecular complexity index is 910. The lowest BCUT2D eigenvalue weighted by atomic mass is 9.97. The lowest BCUT2D eigenvalue weighted by molar-refractivity contribution is -0.121. The van der Waals surface area contributed by atoms with Crippen LogP contribution in [0.2, 0.25) is 0 Å². The molecule has 29 heavy (non-hydrogen) atoms. The van der Waals surface area contributed by atoms with Crippen LogP contribution in [0, 0.1) is 0 Å². The van der Waals surface area contributed by atoms with Crippen LogP contribution in [0.5, 0.6) is 0 Å². The van der Waals surface area contributed by atoms with Crippen LogP contribution < -0.4 is 10.9 Å². The third-order valence-corrected chi connectivity index (χ3v) is 5.44. The van der Waals surface area contributed by atoms with E-state index >= 15 is 0 Å². The van der Waals surface area contributed by atoms with Gasteiger partial charge in [-0.25, -0.2) is 4.68 Å². The highest BCUT2D eigenvalue weighted by Crippen LogP contribution is 2.21. The maximum Gasteiger partial charge on any atom is 0.266 e. The fourth-order valence-corrected chi connectivity index (χ4v) is 3.59. The smallest absolute Gasteiger partial charge is 0.266 e. The summed E-state index contributed by atoms with van der Waals surface area (Å²) < 4.78 is 1.38. The third kappa shape index (κ3) is 6.14. The minimum absolute atomic E-state index is 0.0400. The number of carbonyl (C=O) groups is 1. The SMILES string of the molecule is CC(C)c1ccc(-c2ccc(=O)n(CCC(=O)NCCC3=CCCCC3)n2)cc1. The first kappa shape index (κ1) is 21.0. The molecule has 5 heteroatoms. The summed E-state index contributed by atoms with van der Waals surface area (Å²) in [5, 5.41) is 7.42. The highest BCUT2D eigenvalue weighted by molar-refractivity contribution is 5.75. The highest BCUT2D eigenvalue weighted by atomic mass is 16.2. The van der Waals surface area contributed by atoms with Gasteiger partial charge in [-0.15, -0.1) is 0 Å². The van der Waals surface area contributed by atoms with Crippen LogP contribution in [0.15, 0.2) is 52.8 Å². The average Bonchev–Trinajstić information content (AvgIpc) is 2.74. The quantitative estimate of drug-likeness (QED) is 0.675. The Balaban J connectivity index is 1.55. The summed E-state index contributed by atoms with van der Waals surface area (Å²) in [6.07, 6.45) is 8.32. The Hall–Kier alpha value is -2.69. The molecule has 154 valence electrons. The third-order valence-electron chi connectivity index (χ3n) is 5.44. The van der Waals surface area contributed by atoms with Crippen molar-refractivity contribution in [2.45, 2.75) is 64.8 Å². The van der Waals surface area contributed by atoms with Gasteiger partial charge in [0.25, 0.3) is 5.56 Å². The second kappa shape index (κ2) is 10.2. The Morgan fingerprint density at radius 2 is 1.93 bits per heavy atom. The topological polar surface area (TPSA) is 64.0 Å². The van der Waals surface area contributed by atoms with Crippen LogP contribution in [0.4, 0.5) is 0 Å². The van der Waals surface area contributed by atoms with E-state index in [9.17, 15) is 9.59 Å². The van der Waals surface area contributed by atoms with Crippen molar-refractivity contribution in [1.29, 1.82) is 0 Å². The summed E-state index contributed by atoms with van der Waals surface area (Å²) in [5.41, 5.74) is 4.24. The standard InChI is InChI=1S/C24H31N3O2/c1-18(2)20-8-10-21(11-9-20)22-12-13-24(29)27(26-22)17-15-23(28)25-16-14-19-6-4-3-5-7-19/h6,8-13,18H,3-5,7,14-17H2,1-2H3,(H,25,28). The van der Waals surface area contributed by atoms with E-state index in [0.717, 1.165) is 30.5 Å². The number of allylic oxidation sites excluding steroid dienone is 1. The lowest BCUT2D eigenvalue weighted by Gasteiger charge is -2.13. The van der Waals surface area contributed by atoms with Gasteiger partial charge in [-0.05, 0) is 49.7 Å². The predicted molar refractivity (Wildman–Crippen MR) is 117 cm³/mol. The van der Waals surface area contributed by atoms with Crippen molar-refractivity contribution in [2.24, 2.45) is 0 Å². The molecule has 0 fully saturated rings. The first-order valence-electron chi connectivity index (χ1n) is 10.7. The number of hydrogen-bond acceptors (Lipinski definition) is 3. The first-order valence-corrected chi connectivity index (χ1v) is 10.7. The molecule has 1 heterocycles. The number of amides is 1. The molecule has 0 saturated carbocycles. The molecule has 5 nitrogen and oxygen atoms in total. The maximum atomic E-state index is 12.2. The number of rotatable bonds is 8. The van der Waals surface area contributed by atoms with Crippen molar-refractivity contribution >= 4 is 5.91 Å². The Kier molecular flexibility index (Phi) is 7.39. The van der Waals surface area contributed by atoms with Gasteiger partial charge in [0.1, 0.15) is 0 Å². The second-order valence-corrected chi connectivity index (χ2v) is 8.01. The monoisotopic (exact) mass is 393 g/mol. The lowest BCUT2D eigenvalue weighted by Crippen LogP contribution is -2.29. The fourth-order valence-electron chi connectivity index (χ4n) is 3.59. The molecule has 1 aliphatic rings. The van der Waals surface area contributed by atoms with Crippen molar-refractivity contribution in [3.8, 4) is 11.3 Å². The molecule has 0 bridgehead atoms. The summed E-state index contributed by atoms with van der Waals surface area (Å²) >= 11 is 0. The predicted octanol–water partition coefficient (Wildman–Crippen LogP) is 4.43. The highest BCUT2D eigenvalue weighted by Gasteiger charge is 2.08. The summed E-state index contributed by atoms with van der Waals surface area (Å²) in [7, 11) is 0. The fraction of sp³-hybridized carbons (Fsp3) is 0.458. The molecule has 0 saturated heterocycles. The van der Waals surface area contributed by atoms with Crippen LogP contribution in [0.3, 0.4) is 0 Å². The molecule has 0 spiro atoms. The van der Waals surface area contributed by atoms with E-state index in [1.54, 1.807) is 6.07 Å². The summed E-state index contributed by atoms with van der Waals surface area (Å²) in [6.45, 7) is 5.26. The molecule has 1 aliphatic carbocycles. The molecule has 0 radical (unpaired) electrons. The van der Waals surface area contributed by atoms with Gasteiger partial charge < -0.3 is 5.32 Å². The van der Waals surface area contributed by atoms with Gasteiger partial charge in [-0.1, -0.05) is 49.8 Å². The molecule has 3 rings (SSSR count). The van der Waals surface area contributed by atoms with E-state index in [0.29, 0.717) is 12.5 Å². The summed E-state index contributed by atoms with van der Waals surface area (Å²) in [6, 6.07) is 11.5. The summed E-state index contributed by atoms with van der Waals surface area (Å²) in [4.78, 5) is 24.3. The maximum absolute atomic E-state index is 12.2. The minimum Gasteiger partial charge on any atom is -0.356 e. The summed E-state index contributed by atoms with van der Waals surface area (Å²) in [5.74, 6) is 0.431. The van der Waals surface area contributed by atoms with E-state index in [4.69, 9.17) is 0 Å². The molecule has 1 N–H and O–H groups in total. The van der Waals surface area contributed by atoms with Crippen LogP contribution in [0.1, 0.15) is 63.9 Å². The molecular formula is C24H31N3O2. The van der Waals surface area contributed by atoms with E-state index in [-0.39, 0.29) is 24.4 Å². The van der Waals surface area contributed by atoms with Gasteiger partial charge in [0.05, 0.1) is 12.2 Å². The number of aryl methyl sites for hydroxylation is 1. The number of aromatic nitrogens is 2. The molecule has 1 aromatic carbocycles.